The minimum Gasteiger partial charge on any atom is -0.494 e. The highest BCUT2D eigenvalue weighted by Gasteiger charge is 2.21. The molecule has 3 nitrogen and oxygen atoms in total. The summed E-state index contributed by atoms with van der Waals surface area (Å²) in [5.41, 5.74) is 1.28. The molecule has 1 aliphatic rings. The van der Waals surface area contributed by atoms with Gasteiger partial charge in [-0.2, -0.15) is 0 Å². The molecule has 0 aliphatic carbocycles. The van der Waals surface area contributed by atoms with Crippen molar-refractivity contribution in [3.05, 3.63) is 29.8 Å². The van der Waals surface area contributed by atoms with Crippen molar-refractivity contribution in [3.63, 3.8) is 0 Å². The minimum absolute atomic E-state index is 0. The Bertz CT molecular complexity index is 342. The topological polar surface area (TPSA) is 24.5 Å². The third-order valence-corrected chi connectivity index (χ3v) is 3.08. The first-order valence-corrected chi connectivity index (χ1v) is 5.93. The quantitative estimate of drug-likeness (QED) is 0.871. The number of likely N-dealkylation sites (N-methyl/N-ethyl adjacent to an activating group) is 1. The molecule has 1 saturated heterocycles. The zero-order valence-electron chi connectivity index (χ0n) is 10.5. The van der Waals surface area contributed by atoms with Gasteiger partial charge in [-0.15, -0.1) is 12.4 Å². The molecular formula is C13H21ClN2O. The molecule has 1 aromatic carbocycles. The molecule has 1 aromatic rings. The molecular weight excluding hydrogens is 236 g/mol. The molecule has 1 N–H and O–H groups in total. The van der Waals surface area contributed by atoms with Gasteiger partial charge in [-0.25, -0.2) is 0 Å². The molecule has 17 heavy (non-hydrogen) atoms. The zero-order valence-corrected chi connectivity index (χ0v) is 11.3. The van der Waals surface area contributed by atoms with E-state index in [1.54, 1.807) is 0 Å². The lowest BCUT2D eigenvalue weighted by molar-refractivity contribution is 0.171. The van der Waals surface area contributed by atoms with Gasteiger partial charge in [0.1, 0.15) is 5.75 Å². The van der Waals surface area contributed by atoms with Crippen LogP contribution in [0.2, 0.25) is 0 Å². The smallest absolute Gasteiger partial charge is 0.123 e. The fourth-order valence-electron chi connectivity index (χ4n) is 1.91. The van der Waals surface area contributed by atoms with Gasteiger partial charge in [-0.1, -0.05) is 18.2 Å². The number of para-hydroxylation sites is 1. The minimum atomic E-state index is 0. The molecule has 0 aromatic heterocycles. The molecule has 0 unspecified atom stereocenters. The standard InChI is InChI=1S/C13H20N2O.ClH/c1-3-16-13-7-5-4-6-11(13)10-15(2)12-8-14-9-12;/h4-7,12,14H,3,8-10H2,1-2H3;1H. The van der Waals surface area contributed by atoms with Crippen LogP contribution in [-0.2, 0) is 6.54 Å². The third kappa shape index (κ3) is 3.60. The average Bonchev–Trinajstić information content (AvgIpc) is 2.18. The van der Waals surface area contributed by atoms with Crippen molar-refractivity contribution < 1.29 is 4.74 Å². The summed E-state index contributed by atoms with van der Waals surface area (Å²) in [6.07, 6.45) is 0. The van der Waals surface area contributed by atoms with Crippen molar-refractivity contribution in [2.24, 2.45) is 0 Å². The van der Waals surface area contributed by atoms with Crippen molar-refractivity contribution >= 4 is 12.4 Å². The molecule has 1 fully saturated rings. The van der Waals surface area contributed by atoms with Gasteiger partial charge in [-0.3, -0.25) is 4.90 Å². The van der Waals surface area contributed by atoms with Crippen molar-refractivity contribution in [2.75, 3.05) is 26.7 Å². The van der Waals surface area contributed by atoms with Crippen LogP contribution in [0.4, 0.5) is 0 Å². The average molecular weight is 257 g/mol. The molecule has 0 saturated carbocycles. The van der Waals surface area contributed by atoms with E-state index < -0.39 is 0 Å². The molecule has 4 heteroatoms. The Morgan fingerprint density at radius 3 is 2.65 bits per heavy atom. The van der Waals surface area contributed by atoms with E-state index in [1.807, 2.05) is 19.1 Å². The fraction of sp³-hybridized carbons (Fsp3) is 0.538. The highest BCUT2D eigenvalue weighted by atomic mass is 35.5. The summed E-state index contributed by atoms with van der Waals surface area (Å²) in [5.74, 6) is 1.02. The number of hydrogen-bond acceptors (Lipinski definition) is 3. The Morgan fingerprint density at radius 1 is 1.35 bits per heavy atom. The molecule has 0 atom stereocenters. The molecule has 2 rings (SSSR count). The lowest BCUT2D eigenvalue weighted by Gasteiger charge is -2.35. The molecule has 0 bridgehead atoms. The van der Waals surface area contributed by atoms with E-state index in [0.717, 1.165) is 32.0 Å². The maximum absolute atomic E-state index is 5.63. The summed E-state index contributed by atoms with van der Waals surface area (Å²) in [7, 11) is 2.17. The monoisotopic (exact) mass is 256 g/mol. The number of benzene rings is 1. The van der Waals surface area contributed by atoms with Gasteiger partial charge in [0.25, 0.3) is 0 Å². The Kier molecular flexibility index (Phi) is 5.75. The van der Waals surface area contributed by atoms with Gasteiger partial charge >= 0.3 is 0 Å². The SMILES string of the molecule is CCOc1ccccc1CN(C)C1CNC1.Cl. The van der Waals surface area contributed by atoms with Crippen molar-refractivity contribution in [3.8, 4) is 5.75 Å². The third-order valence-electron chi connectivity index (χ3n) is 3.08. The first-order valence-electron chi connectivity index (χ1n) is 5.93. The lowest BCUT2D eigenvalue weighted by Crippen LogP contribution is -2.55. The summed E-state index contributed by atoms with van der Waals surface area (Å²) in [6, 6.07) is 8.97. The summed E-state index contributed by atoms with van der Waals surface area (Å²) in [5, 5.41) is 3.29. The lowest BCUT2D eigenvalue weighted by atomic mass is 10.1. The molecule has 0 spiro atoms. The van der Waals surface area contributed by atoms with Crippen LogP contribution >= 0.6 is 12.4 Å². The van der Waals surface area contributed by atoms with Crippen LogP contribution in [0.15, 0.2) is 24.3 Å². The molecule has 0 radical (unpaired) electrons. The maximum atomic E-state index is 5.63. The summed E-state index contributed by atoms with van der Waals surface area (Å²) < 4.78 is 5.63. The van der Waals surface area contributed by atoms with Crippen LogP contribution in [0.3, 0.4) is 0 Å². The van der Waals surface area contributed by atoms with Gasteiger partial charge in [-0.05, 0) is 20.0 Å². The van der Waals surface area contributed by atoms with E-state index in [2.05, 4.69) is 29.4 Å². The van der Waals surface area contributed by atoms with Crippen molar-refractivity contribution in [1.29, 1.82) is 0 Å². The molecule has 1 aliphatic heterocycles. The summed E-state index contributed by atoms with van der Waals surface area (Å²) in [6.45, 7) is 5.92. The van der Waals surface area contributed by atoms with Gasteiger partial charge < -0.3 is 10.1 Å². The molecule has 96 valence electrons. The van der Waals surface area contributed by atoms with E-state index in [1.165, 1.54) is 5.56 Å². The number of nitrogens with zero attached hydrogens (tertiary/aromatic N) is 1. The first-order chi connectivity index (χ1) is 7.81. The Balaban J connectivity index is 0.00000144. The number of halogens is 1. The fourth-order valence-corrected chi connectivity index (χ4v) is 1.91. The Morgan fingerprint density at radius 2 is 2.06 bits per heavy atom. The van der Waals surface area contributed by atoms with Crippen molar-refractivity contribution in [1.82, 2.24) is 10.2 Å². The normalized spacial score (nSPS) is 15.2. The van der Waals surface area contributed by atoms with Crippen LogP contribution in [-0.4, -0.2) is 37.7 Å². The Hall–Kier alpha value is -0.770. The molecule has 0 amide bonds. The molecule has 1 heterocycles. The highest BCUT2D eigenvalue weighted by molar-refractivity contribution is 5.85. The van der Waals surface area contributed by atoms with Gasteiger partial charge in [0, 0.05) is 31.2 Å². The Labute approximate surface area is 110 Å². The zero-order chi connectivity index (χ0) is 11.4. The maximum Gasteiger partial charge on any atom is 0.123 e. The van der Waals surface area contributed by atoms with Crippen LogP contribution in [0, 0.1) is 0 Å². The highest BCUT2D eigenvalue weighted by Crippen LogP contribution is 2.20. The second kappa shape index (κ2) is 6.84. The second-order valence-electron chi connectivity index (χ2n) is 4.27. The van der Waals surface area contributed by atoms with Crippen molar-refractivity contribution in [2.45, 2.75) is 19.5 Å². The first kappa shape index (κ1) is 14.3. The van der Waals surface area contributed by atoms with Crippen LogP contribution in [0.5, 0.6) is 5.75 Å². The predicted molar refractivity (Wildman–Crippen MR) is 73.0 cm³/mol. The second-order valence-corrected chi connectivity index (χ2v) is 4.27. The van der Waals surface area contributed by atoms with Gasteiger partial charge in [0.15, 0.2) is 0 Å². The number of hydrogen-bond donors (Lipinski definition) is 1. The van der Waals surface area contributed by atoms with E-state index in [9.17, 15) is 0 Å². The number of ether oxygens (including phenoxy) is 1. The van der Waals surface area contributed by atoms with Crippen LogP contribution < -0.4 is 10.1 Å². The van der Waals surface area contributed by atoms with Crippen LogP contribution in [0.25, 0.3) is 0 Å². The van der Waals surface area contributed by atoms with E-state index in [0.29, 0.717) is 6.04 Å². The number of rotatable bonds is 5. The number of nitrogens with one attached hydrogen (secondary N) is 1. The van der Waals surface area contributed by atoms with Gasteiger partial charge in [0.2, 0.25) is 0 Å². The predicted octanol–water partition coefficient (Wildman–Crippen LogP) is 1.91. The van der Waals surface area contributed by atoms with E-state index in [-0.39, 0.29) is 12.4 Å². The summed E-state index contributed by atoms with van der Waals surface area (Å²) >= 11 is 0. The van der Waals surface area contributed by atoms with E-state index in [4.69, 9.17) is 4.74 Å². The van der Waals surface area contributed by atoms with E-state index >= 15 is 0 Å². The largest absolute Gasteiger partial charge is 0.494 e. The van der Waals surface area contributed by atoms with Crippen LogP contribution in [0.1, 0.15) is 12.5 Å². The van der Waals surface area contributed by atoms with Gasteiger partial charge in [0.05, 0.1) is 6.61 Å². The summed E-state index contributed by atoms with van der Waals surface area (Å²) in [4.78, 5) is 2.38.